The Bertz CT molecular complexity index is 139. The molecule has 0 spiro atoms. The van der Waals surface area contributed by atoms with Gasteiger partial charge in [0, 0.05) is 5.08 Å². The lowest BCUT2D eigenvalue weighted by Gasteiger charge is -2.43. The van der Waals surface area contributed by atoms with Crippen molar-refractivity contribution in [1.29, 1.82) is 0 Å². The molecule has 0 N–H and O–H groups in total. The van der Waals surface area contributed by atoms with Gasteiger partial charge in [0.2, 0.25) is 0 Å². The molecule has 0 bridgehead atoms. The van der Waals surface area contributed by atoms with E-state index in [1.165, 1.54) is 5.08 Å². The number of hydrogen-bond donors (Lipinski definition) is 2. The molecule has 0 nitrogen and oxygen atoms in total. The molecule has 0 aromatic heterocycles. The SMILES string of the molecule is CSC(SC)(C(S)S)C1SCS1. The van der Waals surface area contributed by atoms with Gasteiger partial charge in [0.25, 0.3) is 0 Å². The van der Waals surface area contributed by atoms with Gasteiger partial charge >= 0.3 is 0 Å². The third-order valence-electron chi connectivity index (χ3n) is 1.77. The van der Waals surface area contributed by atoms with Crippen molar-refractivity contribution in [3.8, 4) is 0 Å². The summed E-state index contributed by atoms with van der Waals surface area (Å²) in [6, 6.07) is 0. The van der Waals surface area contributed by atoms with E-state index in [1.807, 2.05) is 47.0 Å². The molecule has 0 aromatic rings. The first-order valence-electron chi connectivity index (χ1n) is 3.37. The molecule has 0 amide bonds. The summed E-state index contributed by atoms with van der Waals surface area (Å²) in [7, 11) is 0. The molecular formula is C6H12S6. The molecule has 0 saturated carbocycles. The largest absolute Gasteiger partial charge is 0.163 e. The quantitative estimate of drug-likeness (QED) is 0.596. The van der Waals surface area contributed by atoms with Crippen LogP contribution < -0.4 is 0 Å². The van der Waals surface area contributed by atoms with Crippen molar-refractivity contribution in [1.82, 2.24) is 0 Å². The van der Waals surface area contributed by atoms with Crippen LogP contribution in [0, 0.1) is 0 Å². The van der Waals surface area contributed by atoms with Gasteiger partial charge in [-0.3, -0.25) is 0 Å². The second kappa shape index (κ2) is 5.26. The van der Waals surface area contributed by atoms with E-state index < -0.39 is 0 Å². The fourth-order valence-corrected chi connectivity index (χ4v) is 8.21. The maximum atomic E-state index is 4.46. The molecule has 6 heteroatoms. The summed E-state index contributed by atoms with van der Waals surface area (Å²) in [5.74, 6) is 0. The third-order valence-corrected chi connectivity index (χ3v) is 10.3. The number of thiol groups is 2. The van der Waals surface area contributed by atoms with Crippen LogP contribution in [0.2, 0.25) is 0 Å². The molecule has 1 aliphatic rings. The molecular weight excluding hydrogens is 264 g/mol. The highest BCUT2D eigenvalue weighted by molar-refractivity contribution is 8.35. The lowest BCUT2D eigenvalue weighted by molar-refractivity contribution is 0.985. The minimum absolute atomic E-state index is 0.146. The number of thioether (sulfide) groups is 4. The van der Waals surface area contributed by atoms with Gasteiger partial charge < -0.3 is 0 Å². The monoisotopic (exact) mass is 276 g/mol. The fraction of sp³-hybridized carbons (Fsp3) is 1.00. The van der Waals surface area contributed by atoms with Gasteiger partial charge in [-0.05, 0) is 12.5 Å². The van der Waals surface area contributed by atoms with Crippen LogP contribution in [0.1, 0.15) is 0 Å². The normalized spacial score (nSPS) is 19.8. The number of rotatable bonds is 4. The van der Waals surface area contributed by atoms with Gasteiger partial charge in [-0.25, -0.2) is 0 Å². The zero-order valence-corrected chi connectivity index (χ0v) is 11.9. The maximum Gasteiger partial charge on any atom is 0.102 e. The average molecular weight is 277 g/mol. The van der Waals surface area contributed by atoms with Gasteiger partial charge in [-0.1, -0.05) is 0 Å². The van der Waals surface area contributed by atoms with Crippen molar-refractivity contribution in [2.75, 3.05) is 17.6 Å². The lowest BCUT2D eigenvalue weighted by Crippen LogP contribution is -2.41. The van der Waals surface area contributed by atoms with E-state index in [0.29, 0.717) is 4.58 Å². The molecule has 1 heterocycles. The lowest BCUT2D eigenvalue weighted by atomic mass is 10.5. The molecule has 0 atom stereocenters. The van der Waals surface area contributed by atoms with Crippen LogP contribution in [0.5, 0.6) is 0 Å². The Balaban J connectivity index is 2.67. The molecule has 12 heavy (non-hydrogen) atoms. The Morgan fingerprint density at radius 3 is 1.92 bits per heavy atom. The van der Waals surface area contributed by atoms with Gasteiger partial charge in [-0.2, -0.15) is 25.3 Å². The third kappa shape index (κ3) is 2.19. The summed E-state index contributed by atoms with van der Waals surface area (Å²) < 4.78 is 0.968. The Hall–Kier alpha value is 2.10. The van der Waals surface area contributed by atoms with Crippen molar-refractivity contribution >= 4 is 72.3 Å². The first-order valence-corrected chi connectivity index (χ1v) is 8.95. The minimum Gasteiger partial charge on any atom is -0.163 e. The van der Waals surface area contributed by atoms with E-state index in [1.54, 1.807) is 0 Å². The standard InChI is InChI=1S/C6H12S6/c1-9-6(10-2,4(7)8)5-11-3-12-5/h4-5,7-8H,3H2,1-2H3. The zero-order valence-electron chi connectivity index (χ0n) is 6.89. The predicted molar refractivity (Wildman–Crippen MR) is 75.4 cm³/mol. The van der Waals surface area contributed by atoms with E-state index in [2.05, 4.69) is 37.8 Å². The van der Waals surface area contributed by atoms with Crippen LogP contribution >= 0.6 is 72.3 Å². The van der Waals surface area contributed by atoms with E-state index in [-0.39, 0.29) is 8.66 Å². The summed E-state index contributed by atoms with van der Waals surface area (Å²) in [6.07, 6.45) is 4.30. The van der Waals surface area contributed by atoms with Gasteiger partial charge in [0.1, 0.15) is 4.08 Å². The smallest absolute Gasteiger partial charge is 0.102 e. The molecule has 1 rings (SSSR count). The number of hydrogen-bond acceptors (Lipinski definition) is 6. The highest BCUT2D eigenvalue weighted by Crippen LogP contribution is 2.57. The molecule has 1 fully saturated rings. The molecule has 0 aliphatic carbocycles. The highest BCUT2D eigenvalue weighted by Gasteiger charge is 2.46. The van der Waals surface area contributed by atoms with Crippen LogP contribution in [0.15, 0.2) is 0 Å². The summed E-state index contributed by atoms with van der Waals surface area (Å²) >= 11 is 16.7. The van der Waals surface area contributed by atoms with Gasteiger partial charge in [0.15, 0.2) is 0 Å². The molecule has 1 aliphatic heterocycles. The highest BCUT2D eigenvalue weighted by atomic mass is 32.3. The van der Waals surface area contributed by atoms with E-state index >= 15 is 0 Å². The van der Waals surface area contributed by atoms with Crippen LogP contribution in [0.25, 0.3) is 0 Å². The second-order valence-electron chi connectivity index (χ2n) is 2.29. The van der Waals surface area contributed by atoms with Crippen molar-refractivity contribution < 1.29 is 0 Å². The molecule has 0 unspecified atom stereocenters. The summed E-state index contributed by atoms with van der Waals surface area (Å²) in [4.78, 5) is 0. The summed E-state index contributed by atoms with van der Waals surface area (Å²) in [6.45, 7) is 0. The van der Waals surface area contributed by atoms with Gasteiger partial charge in [-0.15, -0.1) is 47.0 Å². The van der Waals surface area contributed by atoms with E-state index in [0.717, 1.165) is 0 Å². The van der Waals surface area contributed by atoms with Crippen molar-refractivity contribution in [3.05, 3.63) is 0 Å². The minimum atomic E-state index is 0.146. The summed E-state index contributed by atoms with van der Waals surface area (Å²) in [5.41, 5.74) is 0. The molecule has 1 saturated heterocycles. The van der Waals surface area contributed by atoms with E-state index in [4.69, 9.17) is 0 Å². The van der Waals surface area contributed by atoms with Crippen LogP contribution in [-0.4, -0.2) is 30.8 Å². The predicted octanol–water partition coefficient (Wildman–Crippen LogP) is 3.36. The average Bonchev–Trinajstić information content (AvgIpc) is 1.95. The van der Waals surface area contributed by atoms with Crippen molar-refractivity contribution in [2.45, 2.75) is 13.2 Å². The first-order chi connectivity index (χ1) is 5.67. The molecule has 0 radical (unpaired) electrons. The van der Waals surface area contributed by atoms with Crippen LogP contribution in [0.3, 0.4) is 0 Å². The Morgan fingerprint density at radius 1 is 1.33 bits per heavy atom. The van der Waals surface area contributed by atoms with Crippen LogP contribution in [0.4, 0.5) is 0 Å². The Kier molecular flexibility index (Phi) is 5.33. The Labute approximate surface area is 102 Å². The van der Waals surface area contributed by atoms with Gasteiger partial charge in [0.05, 0.1) is 9.16 Å². The first kappa shape index (κ1) is 12.2. The molecule has 72 valence electrons. The molecule has 0 aromatic carbocycles. The fourth-order valence-electron chi connectivity index (χ4n) is 0.977. The van der Waals surface area contributed by atoms with Crippen molar-refractivity contribution in [2.24, 2.45) is 0 Å². The zero-order chi connectivity index (χ0) is 9.19. The van der Waals surface area contributed by atoms with Crippen LogP contribution in [-0.2, 0) is 0 Å². The van der Waals surface area contributed by atoms with Crippen molar-refractivity contribution in [3.63, 3.8) is 0 Å². The second-order valence-corrected chi connectivity index (χ2v) is 9.00. The summed E-state index contributed by atoms with van der Waals surface area (Å²) in [5, 5.41) is 1.22. The Morgan fingerprint density at radius 2 is 1.83 bits per heavy atom. The maximum absolute atomic E-state index is 4.46. The van der Waals surface area contributed by atoms with E-state index in [9.17, 15) is 0 Å². The topological polar surface area (TPSA) is 0 Å².